The van der Waals surface area contributed by atoms with Crippen molar-refractivity contribution in [2.24, 2.45) is 0 Å². The summed E-state index contributed by atoms with van der Waals surface area (Å²) in [5, 5.41) is 8.42. The van der Waals surface area contributed by atoms with Crippen LogP contribution in [0, 0.1) is 11.3 Å². The number of nitrogens with zero attached hydrogens (tertiary/aromatic N) is 1. The summed E-state index contributed by atoms with van der Waals surface area (Å²) in [6, 6.07) is 3.40. The third kappa shape index (κ3) is 2.71. The standard InChI is InChI=1S/C11H4BrF8N/c12-11(19,20)10(17,18)9(15,16)8(13,14)7-3-1-6(5-21)2-4-7/h1-4H. The van der Waals surface area contributed by atoms with Gasteiger partial charge in [-0.15, -0.1) is 0 Å². The summed E-state index contributed by atoms with van der Waals surface area (Å²) in [5.41, 5.74) is -1.82. The summed E-state index contributed by atoms with van der Waals surface area (Å²) >= 11 is 0.984. The first-order chi connectivity index (χ1) is 9.29. The number of halogens is 9. The van der Waals surface area contributed by atoms with Crippen LogP contribution in [-0.4, -0.2) is 16.7 Å². The van der Waals surface area contributed by atoms with Gasteiger partial charge in [-0.05, 0) is 28.1 Å². The number of hydrogen-bond donors (Lipinski definition) is 0. The number of benzene rings is 1. The molecule has 0 atom stereocenters. The number of hydrogen-bond acceptors (Lipinski definition) is 1. The van der Waals surface area contributed by atoms with Gasteiger partial charge < -0.3 is 0 Å². The minimum Gasteiger partial charge on any atom is -0.194 e. The van der Waals surface area contributed by atoms with Gasteiger partial charge in [-0.1, -0.05) is 12.1 Å². The average Bonchev–Trinajstić information content (AvgIpc) is 2.37. The average molecular weight is 382 g/mol. The highest BCUT2D eigenvalue weighted by molar-refractivity contribution is 9.10. The van der Waals surface area contributed by atoms with E-state index in [1.54, 1.807) is 0 Å². The maximum atomic E-state index is 13.5. The van der Waals surface area contributed by atoms with Crippen molar-refractivity contribution in [1.82, 2.24) is 0 Å². The predicted molar refractivity (Wildman–Crippen MR) is 58.8 cm³/mol. The van der Waals surface area contributed by atoms with Gasteiger partial charge in [0.05, 0.1) is 11.6 Å². The minimum atomic E-state index is -6.37. The van der Waals surface area contributed by atoms with Gasteiger partial charge in [-0.25, -0.2) is 0 Å². The minimum absolute atomic E-state index is 0.199. The van der Waals surface area contributed by atoms with Gasteiger partial charge in [0.2, 0.25) is 0 Å². The lowest BCUT2D eigenvalue weighted by Gasteiger charge is -2.34. The van der Waals surface area contributed by atoms with Crippen LogP contribution in [0.3, 0.4) is 0 Å². The molecular weight excluding hydrogens is 378 g/mol. The zero-order valence-electron chi connectivity index (χ0n) is 9.66. The topological polar surface area (TPSA) is 23.8 Å². The van der Waals surface area contributed by atoms with Gasteiger partial charge in [0.1, 0.15) is 0 Å². The maximum absolute atomic E-state index is 13.5. The normalized spacial score (nSPS) is 13.9. The molecule has 0 radical (unpaired) electrons. The van der Waals surface area contributed by atoms with Gasteiger partial charge in [0.15, 0.2) is 0 Å². The molecule has 0 saturated heterocycles. The van der Waals surface area contributed by atoms with Crippen LogP contribution in [0.2, 0.25) is 0 Å². The van der Waals surface area contributed by atoms with Crippen molar-refractivity contribution < 1.29 is 35.1 Å². The van der Waals surface area contributed by atoms with Crippen molar-refractivity contribution in [2.75, 3.05) is 0 Å². The Morgan fingerprint density at radius 1 is 0.810 bits per heavy atom. The molecule has 0 unspecified atom stereocenters. The van der Waals surface area contributed by atoms with E-state index in [1.165, 1.54) is 6.07 Å². The van der Waals surface area contributed by atoms with Crippen molar-refractivity contribution in [1.29, 1.82) is 5.26 Å². The Morgan fingerprint density at radius 2 is 1.24 bits per heavy atom. The van der Waals surface area contributed by atoms with E-state index >= 15 is 0 Å². The number of nitriles is 1. The van der Waals surface area contributed by atoms with Gasteiger partial charge in [0, 0.05) is 5.56 Å². The Hall–Kier alpha value is -1.37. The van der Waals surface area contributed by atoms with Crippen LogP contribution in [0.15, 0.2) is 24.3 Å². The maximum Gasteiger partial charge on any atom is 0.388 e. The van der Waals surface area contributed by atoms with Crippen LogP contribution in [0.25, 0.3) is 0 Å². The molecule has 1 aromatic rings. The quantitative estimate of drug-likeness (QED) is 0.537. The van der Waals surface area contributed by atoms with E-state index < -0.39 is 28.2 Å². The highest BCUT2D eigenvalue weighted by Crippen LogP contribution is 2.57. The summed E-state index contributed by atoms with van der Waals surface area (Å²) in [5.74, 6) is -18.3. The molecule has 1 rings (SSSR count). The van der Waals surface area contributed by atoms with E-state index in [0.29, 0.717) is 12.1 Å². The van der Waals surface area contributed by atoms with Crippen molar-refractivity contribution in [3.8, 4) is 6.07 Å². The van der Waals surface area contributed by atoms with Gasteiger partial charge in [-0.2, -0.15) is 40.4 Å². The Labute approximate surface area is 121 Å². The van der Waals surface area contributed by atoms with Crippen molar-refractivity contribution in [2.45, 2.75) is 22.6 Å². The van der Waals surface area contributed by atoms with E-state index in [0.717, 1.165) is 15.9 Å². The molecule has 0 heterocycles. The Morgan fingerprint density at radius 3 is 1.57 bits per heavy atom. The lowest BCUT2D eigenvalue weighted by atomic mass is 9.96. The van der Waals surface area contributed by atoms with Crippen LogP contribution in [0.1, 0.15) is 11.1 Å². The third-order valence-electron chi connectivity index (χ3n) is 2.52. The summed E-state index contributed by atoms with van der Waals surface area (Å²) in [4.78, 5) is -5.54. The van der Waals surface area contributed by atoms with Crippen LogP contribution in [0.4, 0.5) is 35.1 Å². The van der Waals surface area contributed by atoms with E-state index in [4.69, 9.17) is 5.26 Å². The zero-order chi connectivity index (χ0) is 16.7. The van der Waals surface area contributed by atoms with E-state index in [2.05, 4.69) is 0 Å². The van der Waals surface area contributed by atoms with Crippen LogP contribution < -0.4 is 0 Å². The molecule has 0 spiro atoms. The van der Waals surface area contributed by atoms with Gasteiger partial charge in [-0.3, -0.25) is 0 Å². The molecule has 0 bridgehead atoms. The summed E-state index contributed by atoms with van der Waals surface area (Å²) in [6.07, 6.45) is 0. The predicted octanol–water partition coefficient (Wildman–Crippen LogP) is 4.91. The van der Waals surface area contributed by atoms with Crippen LogP contribution in [-0.2, 0) is 5.92 Å². The molecule has 0 aliphatic heterocycles. The number of rotatable bonds is 4. The lowest BCUT2D eigenvalue weighted by molar-refractivity contribution is -0.349. The fraction of sp³-hybridized carbons (Fsp3) is 0.364. The highest BCUT2D eigenvalue weighted by Gasteiger charge is 2.80. The molecule has 0 saturated carbocycles. The molecule has 0 fully saturated rings. The van der Waals surface area contributed by atoms with Gasteiger partial charge in [0.25, 0.3) is 0 Å². The summed E-state index contributed by atoms with van der Waals surface area (Å²) in [7, 11) is 0. The van der Waals surface area contributed by atoms with Crippen molar-refractivity contribution in [3.05, 3.63) is 35.4 Å². The van der Waals surface area contributed by atoms with Crippen molar-refractivity contribution >= 4 is 15.9 Å². The summed E-state index contributed by atoms with van der Waals surface area (Å²) < 4.78 is 104. The largest absolute Gasteiger partial charge is 0.388 e. The van der Waals surface area contributed by atoms with Gasteiger partial charge >= 0.3 is 22.6 Å². The fourth-order valence-corrected chi connectivity index (χ4v) is 1.56. The molecule has 0 aliphatic carbocycles. The Balaban J connectivity index is 3.36. The second kappa shape index (κ2) is 5.12. The molecular formula is C11H4BrF8N. The van der Waals surface area contributed by atoms with E-state index in [1.807, 2.05) is 0 Å². The monoisotopic (exact) mass is 381 g/mol. The smallest absolute Gasteiger partial charge is 0.194 e. The molecule has 0 N–H and O–H groups in total. The molecule has 21 heavy (non-hydrogen) atoms. The first-order valence-electron chi connectivity index (χ1n) is 5.00. The molecule has 0 aliphatic rings. The first-order valence-corrected chi connectivity index (χ1v) is 5.79. The SMILES string of the molecule is N#Cc1ccc(C(F)(F)C(F)(F)C(F)(F)C(F)(F)Br)cc1. The second-order valence-electron chi connectivity index (χ2n) is 3.91. The third-order valence-corrected chi connectivity index (χ3v) is 3.02. The lowest BCUT2D eigenvalue weighted by Crippen LogP contribution is -2.59. The van der Waals surface area contributed by atoms with Crippen molar-refractivity contribution in [3.63, 3.8) is 0 Å². The molecule has 0 amide bonds. The van der Waals surface area contributed by atoms with Crippen LogP contribution >= 0.6 is 15.9 Å². The highest BCUT2D eigenvalue weighted by atomic mass is 79.9. The fourth-order valence-electron chi connectivity index (χ4n) is 1.31. The zero-order valence-corrected chi connectivity index (χ0v) is 11.2. The van der Waals surface area contributed by atoms with Crippen LogP contribution in [0.5, 0.6) is 0 Å². The number of alkyl halides is 9. The second-order valence-corrected chi connectivity index (χ2v) is 4.91. The van der Waals surface area contributed by atoms with E-state index in [-0.39, 0.29) is 17.7 Å². The molecule has 116 valence electrons. The first kappa shape index (κ1) is 17.7. The Bertz CT molecular complexity index is 555. The molecule has 10 heteroatoms. The molecule has 1 nitrogen and oxygen atoms in total. The Kier molecular flexibility index (Phi) is 4.31. The molecule has 0 aromatic heterocycles. The molecule has 1 aromatic carbocycles. The summed E-state index contributed by atoms with van der Waals surface area (Å²) in [6.45, 7) is 0. The van der Waals surface area contributed by atoms with E-state index in [9.17, 15) is 35.1 Å².